The van der Waals surface area contributed by atoms with Crippen LogP contribution in [0.5, 0.6) is 5.75 Å². The Bertz CT molecular complexity index is 1440. The number of fused-ring (bicyclic) bond motifs is 2. The molecular weight excluding hydrogens is 492 g/mol. The number of phenols is 1. The second-order valence-electron chi connectivity index (χ2n) is 11.5. The summed E-state index contributed by atoms with van der Waals surface area (Å²) in [6, 6.07) is 4.27. The molecule has 2 aliphatic heterocycles. The monoisotopic (exact) mass is 523 g/mol. The summed E-state index contributed by atoms with van der Waals surface area (Å²) in [5.74, 6) is -0.172. The number of nitrogens with zero attached hydrogens (tertiary/aromatic N) is 6. The molecule has 38 heavy (non-hydrogen) atoms. The average Bonchev–Trinajstić information content (AvgIpc) is 3.70. The molecular formula is C27H31F2N7O2. The predicted molar refractivity (Wildman–Crippen MR) is 138 cm³/mol. The zero-order chi connectivity index (χ0) is 26.8. The van der Waals surface area contributed by atoms with Gasteiger partial charge in [0.25, 0.3) is 0 Å². The van der Waals surface area contributed by atoms with Crippen molar-refractivity contribution in [3.05, 3.63) is 46.9 Å². The molecule has 4 heterocycles. The van der Waals surface area contributed by atoms with Crippen molar-refractivity contribution in [3.8, 4) is 28.4 Å². The highest BCUT2D eigenvalue weighted by atomic mass is 19.1. The second kappa shape index (κ2) is 8.79. The maximum absolute atomic E-state index is 16.0. The zero-order valence-electron chi connectivity index (χ0n) is 21.7. The molecule has 2 aromatic heterocycles. The van der Waals surface area contributed by atoms with Gasteiger partial charge in [0.05, 0.1) is 17.8 Å². The third-order valence-electron chi connectivity index (χ3n) is 8.28. The van der Waals surface area contributed by atoms with Crippen LogP contribution in [0.4, 0.5) is 14.6 Å². The number of piperidine rings is 2. The standard InChI is InChI=1S/C27H31F2N7O2/c1-26-9-4-10-27(2,34-26)23(29)19(12-26)36(16-6-7-16)21-13-30-24(33-32-21)17-8-5-15(11-20(17)37)22-18(28)14-35(3)25(38)31-22/h5,8,11,13-14,16,19,23,34,37H,4,6-7,9-10,12H2,1-3H3/t19-,23-,26-,27+/m0/s1. The van der Waals surface area contributed by atoms with Crippen molar-refractivity contribution in [3.63, 3.8) is 0 Å². The van der Waals surface area contributed by atoms with E-state index in [4.69, 9.17) is 0 Å². The SMILES string of the molecule is Cn1cc(F)c(-c2ccc(-c3ncc(N(C4CC4)[C@H]4C[C@]5(C)CCC[C@@](C)(N5)[C@H]4F)nn3)c(O)c2)nc1=O. The average molecular weight is 524 g/mol. The van der Waals surface area contributed by atoms with Crippen molar-refractivity contribution in [2.45, 2.75) is 81.7 Å². The normalized spacial score (nSPS) is 28.8. The van der Waals surface area contributed by atoms with Gasteiger partial charge in [0.15, 0.2) is 17.5 Å². The smallest absolute Gasteiger partial charge is 0.348 e. The summed E-state index contributed by atoms with van der Waals surface area (Å²) in [6.45, 7) is 4.17. The molecule has 2 N–H and O–H groups in total. The Morgan fingerprint density at radius 2 is 2.00 bits per heavy atom. The fourth-order valence-corrected chi connectivity index (χ4v) is 6.33. The third-order valence-corrected chi connectivity index (χ3v) is 8.28. The summed E-state index contributed by atoms with van der Waals surface area (Å²) >= 11 is 0. The molecule has 0 spiro atoms. The molecule has 6 rings (SSSR count). The molecule has 1 aliphatic carbocycles. The lowest BCUT2D eigenvalue weighted by molar-refractivity contribution is 0.000258. The molecule has 2 bridgehead atoms. The van der Waals surface area contributed by atoms with Gasteiger partial charge in [0.1, 0.15) is 17.6 Å². The van der Waals surface area contributed by atoms with Gasteiger partial charge in [0, 0.05) is 35.9 Å². The molecule has 11 heteroatoms. The molecule has 200 valence electrons. The number of hydrogen-bond donors (Lipinski definition) is 2. The van der Waals surface area contributed by atoms with Crippen LogP contribution in [0.15, 0.2) is 35.4 Å². The lowest BCUT2D eigenvalue weighted by Crippen LogP contribution is -2.73. The van der Waals surface area contributed by atoms with E-state index in [2.05, 4.69) is 37.3 Å². The van der Waals surface area contributed by atoms with Crippen molar-refractivity contribution < 1.29 is 13.9 Å². The van der Waals surface area contributed by atoms with Gasteiger partial charge < -0.3 is 15.3 Å². The molecule has 3 aromatic rings. The number of rotatable bonds is 5. The molecule has 3 fully saturated rings. The van der Waals surface area contributed by atoms with E-state index in [1.165, 1.54) is 25.2 Å². The molecule has 9 nitrogen and oxygen atoms in total. The van der Waals surface area contributed by atoms with Gasteiger partial charge in [-0.3, -0.25) is 4.57 Å². The van der Waals surface area contributed by atoms with Gasteiger partial charge >= 0.3 is 5.69 Å². The van der Waals surface area contributed by atoms with Crippen molar-refractivity contribution in [1.29, 1.82) is 0 Å². The van der Waals surface area contributed by atoms with E-state index in [0.717, 1.165) is 42.9 Å². The van der Waals surface area contributed by atoms with Crippen molar-refractivity contribution in [2.75, 3.05) is 4.90 Å². The number of phenolic OH excluding ortho intramolecular Hbond substituents is 1. The Morgan fingerprint density at radius 1 is 1.21 bits per heavy atom. The number of nitrogens with one attached hydrogen (secondary N) is 1. The van der Waals surface area contributed by atoms with Gasteiger partial charge in [0.2, 0.25) is 0 Å². The molecule has 1 saturated carbocycles. The first-order chi connectivity index (χ1) is 18.1. The first-order valence-corrected chi connectivity index (χ1v) is 13.1. The summed E-state index contributed by atoms with van der Waals surface area (Å²) in [5.41, 5.74) is -0.912. The lowest BCUT2D eigenvalue weighted by Gasteiger charge is -2.57. The van der Waals surface area contributed by atoms with Crippen LogP contribution >= 0.6 is 0 Å². The first-order valence-electron chi connectivity index (χ1n) is 13.1. The molecule has 2 saturated heterocycles. The summed E-state index contributed by atoms with van der Waals surface area (Å²) in [5, 5.41) is 23.0. The van der Waals surface area contributed by atoms with Crippen LogP contribution in [0.3, 0.4) is 0 Å². The van der Waals surface area contributed by atoms with Gasteiger partial charge in [-0.2, -0.15) is 4.98 Å². The highest BCUT2D eigenvalue weighted by molar-refractivity contribution is 5.71. The first kappa shape index (κ1) is 24.8. The van der Waals surface area contributed by atoms with Crippen LogP contribution in [0, 0.1) is 5.82 Å². The minimum Gasteiger partial charge on any atom is -0.507 e. The summed E-state index contributed by atoms with van der Waals surface area (Å²) in [7, 11) is 1.41. The van der Waals surface area contributed by atoms with E-state index in [1.807, 2.05) is 6.92 Å². The van der Waals surface area contributed by atoms with Crippen LogP contribution in [0.2, 0.25) is 0 Å². The summed E-state index contributed by atoms with van der Waals surface area (Å²) < 4.78 is 31.4. The van der Waals surface area contributed by atoms with Gasteiger partial charge in [-0.15, -0.1) is 10.2 Å². The van der Waals surface area contributed by atoms with Crippen LogP contribution < -0.4 is 15.9 Å². The zero-order valence-corrected chi connectivity index (χ0v) is 21.7. The number of alkyl halides is 1. The van der Waals surface area contributed by atoms with E-state index in [1.54, 1.807) is 6.20 Å². The van der Waals surface area contributed by atoms with Crippen LogP contribution in [0.25, 0.3) is 22.6 Å². The topological polar surface area (TPSA) is 109 Å². The van der Waals surface area contributed by atoms with Crippen LogP contribution in [-0.4, -0.2) is 59.2 Å². The van der Waals surface area contributed by atoms with Gasteiger partial charge in [-0.1, -0.05) is 6.07 Å². The Kier molecular flexibility index (Phi) is 5.75. The second-order valence-corrected chi connectivity index (χ2v) is 11.5. The van der Waals surface area contributed by atoms with Gasteiger partial charge in [-0.05, 0) is 64.5 Å². The highest BCUT2D eigenvalue weighted by Crippen LogP contribution is 2.46. The number of aryl methyl sites for hydroxylation is 1. The minimum atomic E-state index is -1.06. The highest BCUT2D eigenvalue weighted by Gasteiger charge is 2.55. The maximum atomic E-state index is 16.0. The molecule has 1 aromatic carbocycles. The largest absolute Gasteiger partial charge is 0.507 e. The number of benzene rings is 1. The predicted octanol–water partition coefficient (Wildman–Crippen LogP) is 3.51. The summed E-state index contributed by atoms with van der Waals surface area (Å²) in [6.07, 6.45) is 7.03. The fourth-order valence-electron chi connectivity index (χ4n) is 6.33. The molecule has 0 radical (unpaired) electrons. The number of anilines is 1. The Balaban J connectivity index is 1.29. The fraction of sp³-hybridized carbons (Fsp3) is 0.519. The number of aromatic nitrogens is 5. The quantitative estimate of drug-likeness (QED) is 0.523. The van der Waals surface area contributed by atoms with Gasteiger partial charge in [-0.25, -0.2) is 18.6 Å². The molecule has 0 amide bonds. The Hall–Kier alpha value is -3.47. The van der Waals surface area contributed by atoms with Crippen molar-refractivity contribution in [1.82, 2.24) is 30.0 Å². The van der Waals surface area contributed by atoms with Crippen molar-refractivity contribution in [2.24, 2.45) is 7.05 Å². The molecule has 0 unspecified atom stereocenters. The van der Waals surface area contributed by atoms with Crippen LogP contribution in [0.1, 0.15) is 52.4 Å². The van der Waals surface area contributed by atoms with E-state index in [9.17, 15) is 14.3 Å². The van der Waals surface area contributed by atoms with Crippen LogP contribution in [-0.2, 0) is 7.05 Å². The maximum Gasteiger partial charge on any atom is 0.348 e. The van der Waals surface area contributed by atoms with E-state index < -0.39 is 23.2 Å². The number of halogens is 2. The number of hydrogen-bond acceptors (Lipinski definition) is 8. The summed E-state index contributed by atoms with van der Waals surface area (Å²) in [4.78, 5) is 22.2. The van der Waals surface area contributed by atoms with E-state index >= 15 is 4.39 Å². The Morgan fingerprint density at radius 3 is 2.68 bits per heavy atom. The minimum absolute atomic E-state index is 0.126. The van der Waals surface area contributed by atoms with Crippen molar-refractivity contribution >= 4 is 5.82 Å². The third kappa shape index (κ3) is 4.22. The molecule has 4 atom stereocenters. The van der Waals surface area contributed by atoms with E-state index in [-0.39, 0.29) is 40.5 Å². The van der Waals surface area contributed by atoms with E-state index in [0.29, 0.717) is 17.8 Å². The number of aromatic hydroxyl groups is 1. The Labute approximate surface area is 219 Å². The lowest BCUT2D eigenvalue weighted by atomic mass is 9.68. The molecule has 3 aliphatic rings.